The number of halogens is 1. The second-order valence-electron chi connectivity index (χ2n) is 10.9. The molecule has 0 amide bonds. The van der Waals surface area contributed by atoms with Gasteiger partial charge in [-0.25, -0.2) is 9.37 Å². The number of benzene rings is 3. The van der Waals surface area contributed by atoms with E-state index < -0.39 is 0 Å². The molecule has 1 fully saturated rings. The predicted octanol–water partition coefficient (Wildman–Crippen LogP) is 6.92. The van der Waals surface area contributed by atoms with E-state index in [0.29, 0.717) is 23.1 Å². The van der Waals surface area contributed by atoms with Crippen LogP contribution in [0.2, 0.25) is 0 Å². The molecule has 0 bridgehead atoms. The maximum absolute atomic E-state index is 14.0. The fourth-order valence-corrected chi connectivity index (χ4v) is 6.70. The zero-order valence-electron chi connectivity index (χ0n) is 21.8. The van der Waals surface area contributed by atoms with Gasteiger partial charge in [-0.1, -0.05) is 72.8 Å². The number of aldehydes is 1. The number of rotatable bonds is 6. The van der Waals surface area contributed by atoms with E-state index in [9.17, 15) is 9.18 Å². The van der Waals surface area contributed by atoms with Crippen molar-refractivity contribution in [2.75, 3.05) is 13.1 Å². The minimum atomic E-state index is -0.166. The van der Waals surface area contributed by atoms with Gasteiger partial charge in [0.15, 0.2) is 6.29 Å². The van der Waals surface area contributed by atoms with Crippen molar-refractivity contribution in [3.8, 4) is 0 Å². The van der Waals surface area contributed by atoms with Gasteiger partial charge in [0.25, 0.3) is 0 Å². The van der Waals surface area contributed by atoms with Crippen LogP contribution in [0.1, 0.15) is 75.7 Å². The molecule has 3 aromatic carbocycles. The molecule has 194 valence electrons. The van der Waals surface area contributed by atoms with E-state index in [1.807, 2.05) is 25.3 Å². The minimum absolute atomic E-state index is 0.139. The summed E-state index contributed by atoms with van der Waals surface area (Å²) in [5, 5.41) is 0. The largest absolute Gasteiger partial charge is 0.332 e. The van der Waals surface area contributed by atoms with Crippen LogP contribution in [0.4, 0.5) is 4.39 Å². The number of carbonyl (C=O) groups is 1. The van der Waals surface area contributed by atoms with E-state index in [2.05, 4.69) is 70.1 Å². The number of aryl methyl sites for hydroxylation is 1. The highest BCUT2D eigenvalue weighted by molar-refractivity contribution is 5.71. The van der Waals surface area contributed by atoms with Crippen LogP contribution in [0.25, 0.3) is 0 Å². The molecule has 0 radical (unpaired) electrons. The molecular weight excluding hydrogens is 473 g/mol. The van der Waals surface area contributed by atoms with Gasteiger partial charge < -0.3 is 4.57 Å². The molecule has 2 unspecified atom stereocenters. The first-order chi connectivity index (χ1) is 18.6. The Balaban J connectivity index is 1.25. The summed E-state index contributed by atoms with van der Waals surface area (Å²) >= 11 is 0. The molecule has 1 aromatic heterocycles. The highest BCUT2D eigenvalue weighted by atomic mass is 19.1. The fourth-order valence-electron chi connectivity index (χ4n) is 6.70. The monoisotopic (exact) mass is 507 g/mol. The van der Waals surface area contributed by atoms with E-state index in [-0.39, 0.29) is 17.8 Å². The molecule has 0 aliphatic carbocycles. The fraction of sp³-hybridized carbons (Fsp3) is 0.333. The molecule has 2 aliphatic heterocycles. The quantitative estimate of drug-likeness (QED) is 0.266. The standard InChI is InChI=1S/C33H34FN3O/c1-23-18-27(12-13-30(23)34)28-19-31(33-35-29(22-38)21-37(33)20-28)36-16-14-26(15-17-36)32(24-8-4-2-5-9-24)25-10-6-3-7-11-25/h2-13,18,21-22,26,28,31-32H,14-17,19-20H2,1H3. The molecule has 0 saturated carbocycles. The number of hydrogen-bond donors (Lipinski definition) is 0. The number of hydrogen-bond acceptors (Lipinski definition) is 3. The lowest BCUT2D eigenvalue weighted by atomic mass is 9.75. The van der Waals surface area contributed by atoms with Crippen LogP contribution < -0.4 is 0 Å². The van der Waals surface area contributed by atoms with Crippen molar-refractivity contribution in [3.05, 3.63) is 125 Å². The first-order valence-corrected chi connectivity index (χ1v) is 13.7. The zero-order chi connectivity index (χ0) is 26.1. The maximum atomic E-state index is 14.0. The van der Waals surface area contributed by atoms with Crippen LogP contribution in [0.3, 0.4) is 0 Å². The van der Waals surface area contributed by atoms with Crippen LogP contribution in [0.15, 0.2) is 85.1 Å². The first kappa shape index (κ1) is 24.7. The van der Waals surface area contributed by atoms with Crippen LogP contribution in [-0.4, -0.2) is 33.8 Å². The summed E-state index contributed by atoms with van der Waals surface area (Å²) in [6.45, 7) is 4.57. The Morgan fingerprint density at radius 1 is 0.947 bits per heavy atom. The summed E-state index contributed by atoms with van der Waals surface area (Å²) in [6.07, 6.45) is 5.85. The number of imidazole rings is 1. The second-order valence-corrected chi connectivity index (χ2v) is 10.9. The SMILES string of the molecule is Cc1cc(C2CC(N3CCC(C(c4ccccc4)c4ccccc4)CC3)c3nc(C=O)cn3C2)ccc1F. The Hall–Kier alpha value is -3.57. The highest BCUT2D eigenvalue weighted by Gasteiger charge is 2.37. The Morgan fingerprint density at radius 2 is 1.61 bits per heavy atom. The number of likely N-dealkylation sites (tertiary alicyclic amines) is 1. The van der Waals surface area contributed by atoms with E-state index >= 15 is 0 Å². The molecule has 0 spiro atoms. The number of piperidine rings is 1. The molecule has 4 nitrogen and oxygen atoms in total. The second kappa shape index (κ2) is 10.7. The van der Waals surface area contributed by atoms with Gasteiger partial charge in [-0.15, -0.1) is 0 Å². The van der Waals surface area contributed by atoms with E-state index in [4.69, 9.17) is 4.98 Å². The van der Waals surface area contributed by atoms with Gasteiger partial charge in [-0.3, -0.25) is 9.69 Å². The third-order valence-corrected chi connectivity index (χ3v) is 8.63. The predicted molar refractivity (Wildman–Crippen MR) is 148 cm³/mol. The van der Waals surface area contributed by atoms with Crippen LogP contribution in [-0.2, 0) is 6.54 Å². The molecule has 38 heavy (non-hydrogen) atoms. The lowest BCUT2D eigenvalue weighted by Crippen LogP contribution is -2.41. The molecular formula is C33H34FN3O. The Kier molecular flexibility index (Phi) is 6.94. The van der Waals surface area contributed by atoms with Gasteiger partial charge in [0.1, 0.15) is 17.3 Å². The van der Waals surface area contributed by atoms with Crippen molar-refractivity contribution in [3.63, 3.8) is 0 Å². The van der Waals surface area contributed by atoms with E-state index in [1.54, 1.807) is 6.07 Å². The average molecular weight is 508 g/mol. The minimum Gasteiger partial charge on any atom is -0.332 e. The summed E-state index contributed by atoms with van der Waals surface area (Å²) in [5.41, 5.74) is 5.09. The van der Waals surface area contributed by atoms with Crippen LogP contribution in [0.5, 0.6) is 0 Å². The normalized spacial score (nSPS) is 20.4. The van der Waals surface area contributed by atoms with Gasteiger partial charge in [-0.05, 0) is 73.5 Å². The molecule has 2 aliphatic rings. The molecule has 2 atom stereocenters. The van der Waals surface area contributed by atoms with Crippen molar-refractivity contribution in [1.29, 1.82) is 0 Å². The highest BCUT2D eigenvalue weighted by Crippen LogP contribution is 2.43. The third-order valence-electron chi connectivity index (χ3n) is 8.63. The number of aromatic nitrogens is 2. The van der Waals surface area contributed by atoms with Crippen molar-refractivity contribution in [2.45, 2.75) is 50.6 Å². The smallest absolute Gasteiger partial charge is 0.170 e. The Morgan fingerprint density at radius 3 is 2.21 bits per heavy atom. The molecule has 5 heteroatoms. The zero-order valence-corrected chi connectivity index (χ0v) is 21.8. The molecule has 4 aromatic rings. The molecule has 6 rings (SSSR count). The number of nitrogens with zero attached hydrogens (tertiary/aromatic N) is 3. The third kappa shape index (κ3) is 4.83. The summed E-state index contributed by atoms with van der Waals surface area (Å²) in [6, 6.07) is 27.4. The summed E-state index contributed by atoms with van der Waals surface area (Å²) < 4.78 is 16.2. The molecule has 1 saturated heterocycles. The van der Waals surface area contributed by atoms with E-state index in [1.165, 1.54) is 11.1 Å². The molecule has 3 heterocycles. The topological polar surface area (TPSA) is 38.1 Å². The summed E-state index contributed by atoms with van der Waals surface area (Å²) in [7, 11) is 0. The van der Waals surface area contributed by atoms with Gasteiger partial charge in [-0.2, -0.15) is 0 Å². The van der Waals surface area contributed by atoms with E-state index in [0.717, 1.165) is 56.6 Å². The van der Waals surface area contributed by atoms with Gasteiger partial charge in [0.05, 0.1) is 6.04 Å². The van der Waals surface area contributed by atoms with Gasteiger partial charge in [0.2, 0.25) is 0 Å². The van der Waals surface area contributed by atoms with Crippen molar-refractivity contribution in [2.24, 2.45) is 5.92 Å². The van der Waals surface area contributed by atoms with Crippen molar-refractivity contribution in [1.82, 2.24) is 14.5 Å². The Labute approximate surface area is 224 Å². The lowest BCUT2D eigenvalue weighted by Gasteiger charge is -2.43. The van der Waals surface area contributed by atoms with Crippen LogP contribution in [0, 0.1) is 18.7 Å². The maximum Gasteiger partial charge on any atom is 0.170 e. The average Bonchev–Trinajstić information content (AvgIpc) is 3.39. The summed E-state index contributed by atoms with van der Waals surface area (Å²) in [4.78, 5) is 18.9. The van der Waals surface area contributed by atoms with Crippen LogP contribution >= 0.6 is 0 Å². The Bertz CT molecular complexity index is 1350. The lowest BCUT2D eigenvalue weighted by molar-refractivity contribution is 0.0979. The molecule has 0 N–H and O–H groups in total. The van der Waals surface area contributed by atoms with Gasteiger partial charge >= 0.3 is 0 Å². The first-order valence-electron chi connectivity index (χ1n) is 13.7. The number of carbonyl (C=O) groups excluding carboxylic acids is 1. The number of fused-ring (bicyclic) bond motifs is 1. The van der Waals surface area contributed by atoms with Crippen molar-refractivity contribution < 1.29 is 9.18 Å². The summed E-state index contributed by atoms with van der Waals surface area (Å²) in [5.74, 6) is 2.01. The van der Waals surface area contributed by atoms with Gasteiger partial charge in [0, 0.05) is 24.6 Å². The van der Waals surface area contributed by atoms with Crippen molar-refractivity contribution >= 4 is 6.29 Å².